The topological polar surface area (TPSA) is 128 Å². The molecule has 2 heterocycles. The predicted molar refractivity (Wildman–Crippen MR) is 140 cm³/mol. The summed E-state index contributed by atoms with van der Waals surface area (Å²) in [6.45, 7) is 0. The summed E-state index contributed by atoms with van der Waals surface area (Å²) < 4.78 is 11.7. The lowest BCUT2D eigenvalue weighted by Gasteiger charge is -2.03. The highest BCUT2D eigenvalue weighted by atomic mass is 79.9. The lowest BCUT2D eigenvalue weighted by Crippen LogP contribution is -1.82. The van der Waals surface area contributed by atoms with E-state index in [1.54, 1.807) is 18.5 Å². The standard InChI is InChI=1S/C14H9N3O.C13H9BrN2O/c15-7-9-4-5-10-2-1-3-11(12(10)6-9)13-8-17-14(16)18-13;14-9-5-4-8-2-1-3-10(11(8)6-9)12-7-16-13(15)17-12/h1-6,8H,(H2,16,17);1-7H,(H2,15,16). The molecule has 170 valence electrons. The van der Waals surface area contributed by atoms with Crippen molar-refractivity contribution in [3.63, 3.8) is 0 Å². The van der Waals surface area contributed by atoms with Crippen molar-refractivity contribution in [1.82, 2.24) is 9.97 Å². The van der Waals surface area contributed by atoms with Gasteiger partial charge < -0.3 is 20.3 Å². The summed E-state index contributed by atoms with van der Waals surface area (Å²) in [7, 11) is 0. The summed E-state index contributed by atoms with van der Waals surface area (Å²) >= 11 is 3.47. The van der Waals surface area contributed by atoms with Crippen molar-refractivity contribution in [1.29, 1.82) is 5.26 Å². The maximum atomic E-state index is 8.96. The van der Waals surface area contributed by atoms with Crippen molar-refractivity contribution in [3.8, 4) is 28.7 Å². The minimum absolute atomic E-state index is 0.137. The van der Waals surface area contributed by atoms with Crippen LogP contribution in [0.25, 0.3) is 44.2 Å². The van der Waals surface area contributed by atoms with Crippen molar-refractivity contribution in [2.24, 2.45) is 0 Å². The van der Waals surface area contributed by atoms with Crippen LogP contribution in [-0.2, 0) is 0 Å². The minimum Gasteiger partial charge on any atom is -0.424 e. The molecule has 0 radical (unpaired) electrons. The van der Waals surface area contributed by atoms with E-state index in [-0.39, 0.29) is 12.0 Å². The van der Waals surface area contributed by atoms with Crippen LogP contribution in [0.15, 0.2) is 98.5 Å². The molecule has 0 atom stereocenters. The van der Waals surface area contributed by atoms with Crippen molar-refractivity contribution >= 4 is 49.5 Å². The number of fused-ring (bicyclic) bond motifs is 2. The average Bonchev–Trinajstić information content (AvgIpc) is 3.51. The lowest BCUT2D eigenvalue weighted by molar-refractivity contribution is 0.595. The summed E-state index contributed by atoms with van der Waals surface area (Å²) in [5.41, 5.74) is 13.5. The number of nitriles is 1. The maximum Gasteiger partial charge on any atom is 0.292 e. The fraction of sp³-hybridized carbons (Fsp3) is 0. The van der Waals surface area contributed by atoms with E-state index in [1.165, 1.54) is 0 Å². The van der Waals surface area contributed by atoms with Gasteiger partial charge >= 0.3 is 0 Å². The van der Waals surface area contributed by atoms with Gasteiger partial charge in [-0.1, -0.05) is 64.5 Å². The number of oxazole rings is 2. The van der Waals surface area contributed by atoms with Crippen LogP contribution in [-0.4, -0.2) is 9.97 Å². The van der Waals surface area contributed by atoms with Crippen molar-refractivity contribution in [2.45, 2.75) is 0 Å². The third-order valence-corrected chi connectivity index (χ3v) is 5.93. The largest absolute Gasteiger partial charge is 0.424 e. The fourth-order valence-corrected chi connectivity index (χ4v) is 4.20. The Hall–Kier alpha value is -4.61. The first kappa shape index (κ1) is 22.2. The SMILES string of the molecule is N#Cc1ccc2cccc(-c3cnc(N)o3)c2c1.Nc1ncc(-c2cccc3ccc(Br)cc23)o1. The molecule has 35 heavy (non-hydrogen) atoms. The van der Waals surface area contributed by atoms with Gasteiger partial charge in [0, 0.05) is 15.6 Å². The molecule has 0 unspecified atom stereocenters. The van der Waals surface area contributed by atoms with Gasteiger partial charge in [0.05, 0.1) is 24.0 Å². The molecule has 2 aromatic heterocycles. The first-order valence-electron chi connectivity index (χ1n) is 10.6. The van der Waals surface area contributed by atoms with Crippen LogP contribution in [0.2, 0.25) is 0 Å². The van der Waals surface area contributed by atoms with E-state index in [4.69, 9.17) is 25.6 Å². The number of hydrogen-bond acceptors (Lipinski definition) is 7. The molecule has 6 rings (SSSR count). The van der Waals surface area contributed by atoms with E-state index in [0.717, 1.165) is 37.1 Å². The number of rotatable bonds is 2. The molecule has 0 aliphatic rings. The summed E-state index contributed by atoms with van der Waals surface area (Å²) in [6.07, 6.45) is 3.23. The number of aromatic nitrogens is 2. The van der Waals surface area contributed by atoms with Gasteiger partial charge in [0.2, 0.25) is 0 Å². The van der Waals surface area contributed by atoms with Gasteiger partial charge in [0.25, 0.3) is 12.0 Å². The molecule has 7 nitrogen and oxygen atoms in total. The number of nitrogens with two attached hydrogens (primary N) is 2. The van der Waals surface area contributed by atoms with Crippen LogP contribution in [0.3, 0.4) is 0 Å². The third kappa shape index (κ3) is 4.58. The number of hydrogen-bond donors (Lipinski definition) is 2. The first-order valence-corrected chi connectivity index (χ1v) is 11.4. The molecule has 8 heteroatoms. The highest BCUT2D eigenvalue weighted by Gasteiger charge is 2.10. The van der Waals surface area contributed by atoms with Crippen LogP contribution in [0.4, 0.5) is 12.0 Å². The average molecular weight is 524 g/mol. The molecular formula is C27H18BrN5O2. The van der Waals surface area contributed by atoms with E-state index in [1.807, 2.05) is 48.5 Å². The van der Waals surface area contributed by atoms with Gasteiger partial charge in [-0.3, -0.25) is 0 Å². The maximum absolute atomic E-state index is 8.96. The molecule has 6 aromatic rings. The summed E-state index contributed by atoms with van der Waals surface area (Å²) in [4.78, 5) is 7.81. The van der Waals surface area contributed by atoms with Crippen molar-refractivity contribution in [3.05, 3.63) is 95.2 Å². The lowest BCUT2D eigenvalue weighted by atomic mass is 10.0. The Morgan fingerprint density at radius 1 is 0.714 bits per heavy atom. The highest BCUT2D eigenvalue weighted by Crippen LogP contribution is 2.32. The van der Waals surface area contributed by atoms with Crippen LogP contribution in [0, 0.1) is 11.3 Å². The zero-order chi connectivity index (χ0) is 24.4. The molecule has 0 aliphatic heterocycles. The number of anilines is 2. The van der Waals surface area contributed by atoms with Crippen LogP contribution in [0.1, 0.15) is 5.56 Å². The second-order valence-electron chi connectivity index (χ2n) is 7.65. The molecule has 0 fully saturated rings. The number of nitrogens with zero attached hydrogens (tertiary/aromatic N) is 3. The van der Waals surface area contributed by atoms with E-state index in [0.29, 0.717) is 17.1 Å². The second kappa shape index (κ2) is 9.33. The quantitative estimate of drug-likeness (QED) is 0.255. The van der Waals surface area contributed by atoms with E-state index in [2.05, 4.69) is 50.2 Å². The summed E-state index contributed by atoms with van der Waals surface area (Å²) in [5, 5.41) is 13.2. The Kier molecular flexibility index (Phi) is 5.92. The van der Waals surface area contributed by atoms with E-state index < -0.39 is 0 Å². The predicted octanol–water partition coefficient (Wildman–Crippen LogP) is 6.79. The van der Waals surface area contributed by atoms with Gasteiger partial charge in [-0.2, -0.15) is 5.26 Å². The van der Waals surface area contributed by atoms with Gasteiger partial charge in [-0.15, -0.1) is 0 Å². The molecule has 4 aromatic carbocycles. The van der Waals surface area contributed by atoms with Gasteiger partial charge in [-0.25, -0.2) is 9.97 Å². The van der Waals surface area contributed by atoms with Crippen molar-refractivity contribution in [2.75, 3.05) is 11.5 Å². The Morgan fingerprint density at radius 2 is 1.26 bits per heavy atom. The Bertz CT molecular complexity index is 1710. The van der Waals surface area contributed by atoms with E-state index >= 15 is 0 Å². The first-order chi connectivity index (χ1) is 17.0. The third-order valence-electron chi connectivity index (χ3n) is 5.43. The molecule has 0 saturated heterocycles. The normalized spacial score (nSPS) is 10.6. The molecule has 4 N–H and O–H groups in total. The van der Waals surface area contributed by atoms with Gasteiger partial charge in [0.1, 0.15) is 0 Å². The molecular weight excluding hydrogens is 506 g/mol. The zero-order valence-corrected chi connectivity index (χ0v) is 19.9. The second-order valence-corrected chi connectivity index (χ2v) is 8.57. The summed E-state index contributed by atoms with van der Waals surface area (Å²) in [6, 6.07) is 26.0. The van der Waals surface area contributed by atoms with E-state index in [9.17, 15) is 0 Å². The number of benzene rings is 4. The van der Waals surface area contributed by atoms with Gasteiger partial charge in [0.15, 0.2) is 11.5 Å². The van der Waals surface area contributed by atoms with Crippen molar-refractivity contribution < 1.29 is 8.83 Å². The Morgan fingerprint density at radius 3 is 1.77 bits per heavy atom. The highest BCUT2D eigenvalue weighted by molar-refractivity contribution is 9.10. The number of nitrogen functional groups attached to an aromatic ring is 2. The Labute approximate surface area is 208 Å². The fourth-order valence-electron chi connectivity index (χ4n) is 3.84. The molecule has 0 amide bonds. The molecule has 0 spiro atoms. The molecule has 0 aliphatic carbocycles. The summed E-state index contributed by atoms with van der Waals surface area (Å²) in [5.74, 6) is 1.29. The van der Waals surface area contributed by atoms with Crippen LogP contribution < -0.4 is 11.5 Å². The monoisotopic (exact) mass is 523 g/mol. The molecule has 0 saturated carbocycles. The molecule has 0 bridgehead atoms. The Balaban J connectivity index is 0.000000145. The smallest absolute Gasteiger partial charge is 0.292 e. The van der Waals surface area contributed by atoms with Crippen LogP contribution >= 0.6 is 15.9 Å². The van der Waals surface area contributed by atoms with Crippen LogP contribution in [0.5, 0.6) is 0 Å². The minimum atomic E-state index is 0.137. The number of halogens is 1. The zero-order valence-electron chi connectivity index (χ0n) is 18.3. The van der Waals surface area contributed by atoms with Gasteiger partial charge in [-0.05, 0) is 45.8 Å².